The lowest BCUT2D eigenvalue weighted by atomic mass is 10.7. The van der Waals surface area contributed by atoms with Crippen molar-refractivity contribution in [1.82, 2.24) is 9.34 Å². The smallest absolute Gasteiger partial charge is 0.305 e. The molecule has 0 N–H and O–H groups in total. The maximum Gasteiger partial charge on any atom is 0.346 e. The van der Waals surface area contributed by atoms with Crippen LogP contribution in [-0.2, 0) is 9.09 Å². The molecule has 4 nitrogen and oxygen atoms in total. The number of hydrogen-bond donors (Lipinski definition) is 0. The van der Waals surface area contributed by atoms with Crippen molar-refractivity contribution in [3.8, 4) is 0 Å². The summed E-state index contributed by atoms with van der Waals surface area (Å²) in [6, 6.07) is 0. The zero-order valence-corrected chi connectivity index (χ0v) is 13.3. The topological polar surface area (TPSA) is 32.8 Å². The van der Waals surface area contributed by atoms with Crippen molar-refractivity contribution in [1.29, 1.82) is 0 Å². The molecule has 16 heavy (non-hydrogen) atoms. The Morgan fingerprint density at radius 3 is 1.62 bits per heavy atom. The fraction of sp³-hybridized carbons (Fsp3) is 1.00. The minimum atomic E-state index is -2.82. The third-order valence-corrected chi connectivity index (χ3v) is 5.92. The first kappa shape index (κ1) is 16.6. The molecule has 0 heterocycles. The first-order valence-electron chi connectivity index (χ1n) is 5.91. The van der Waals surface area contributed by atoms with Gasteiger partial charge in [0.25, 0.3) is 0 Å². The molecule has 6 heteroatoms. The van der Waals surface area contributed by atoms with E-state index in [1.807, 2.05) is 37.0 Å². The summed E-state index contributed by atoms with van der Waals surface area (Å²) in [5, 5.41) is 0.708. The quantitative estimate of drug-likeness (QED) is 0.483. The Hall–Kier alpha value is 0.590. The maximum absolute atomic E-state index is 12.9. The molecule has 0 aliphatic rings. The number of halogens is 1. The van der Waals surface area contributed by atoms with Crippen LogP contribution in [-0.4, -0.2) is 47.5 Å². The highest BCUT2D eigenvalue weighted by Gasteiger charge is 2.35. The summed E-state index contributed by atoms with van der Waals surface area (Å²) >= 11 is 3.30. The van der Waals surface area contributed by atoms with E-state index in [0.29, 0.717) is 11.9 Å². The van der Waals surface area contributed by atoms with Gasteiger partial charge in [-0.2, -0.15) is 0 Å². The van der Waals surface area contributed by atoms with Crippen molar-refractivity contribution in [3.63, 3.8) is 0 Å². The molecule has 0 fully saturated rings. The second-order valence-corrected chi connectivity index (χ2v) is 6.45. The zero-order valence-electron chi connectivity index (χ0n) is 10.8. The van der Waals surface area contributed by atoms with Crippen LogP contribution in [0.25, 0.3) is 0 Å². The van der Waals surface area contributed by atoms with Gasteiger partial charge in [-0.25, -0.2) is 9.34 Å². The van der Waals surface area contributed by atoms with E-state index < -0.39 is 7.67 Å². The van der Waals surface area contributed by atoms with Crippen LogP contribution in [0.2, 0.25) is 0 Å². The Morgan fingerprint density at radius 2 is 1.38 bits per heavy atom. The van der Waals surface area contributed by atoms with Gasteiger partial charge in [0, 0.05) is 31.5 Å². The van der Waals surface area contributed by atoms with Crippen molar-refractivity contribution in [2.45, 2.75) is 27.7 Å². The van der Waals surface area contributed by atoms with E-state index >= 15 is 0 Å². The van der Waals surface area contributed by atoms with Gasteiger partial charge in [-0.1, -0.05) is 43.6 Å². The van der Waals surface area contributed by atoms with Crippen LogP contribution in [0.15, 0.2) is 0 Å². The van der Waals surface area contributed by atoms with Gasteiger partial charge >= 0.3 is 7.67 Å². The molecule has 0 amide bonds. The zero-order chi connectivity index (χ0) is 12.6. The third kappa shape index (κ3) is 4.11. The number of rotatable bonds is 9. The molecule has 0 atom stereocenters. The van der Waals surface area contributed by atoms with Crippen LogP contribution in [0.5, 0.6) is 0 Å². The second-order valence-electron chi connectivity index (χ2n) is 3.29. The Kier molecular flexibility index (Phi) is 8.97. The van der Waals surface area contributed by atoms with Gasteiger partial charge in [0.15, 0.2) is 0 Å². The molecule has 0 saturated heterocycles. The molecule has 0 bridgehead atoms. The van der Waals surface area contributed by atoms with Gasteiger partial charge in [-0.05, 0) is 0 Å². The van der Waals surface area contributed by atoms with Crippen molar-refractivity contribution in [3.05, 3.63) is 0 Å². The van der Waals surface area contributed by atoms with E-state index in [1.54, 1.807) is 0 Å². The normalized spacial score (nSPS) is 12.7. The Labute approximate surface area is 108 Å². The van der Waals surface area contributed by atoms with Crippen molar-refractivity contribution in [2.75, 3.05) is 38.1 Å². The summed E-state index contributed by atoms with van der Waals surface area (Å²) in [5.41, 5.74) is 0. The first-order valence-corrected chi connectivity index (χ1v) is 8.57. The molecule has 0 rings (SSSR count). The fourth-order valence-corrected chi connectivity index (χ4v) is 4.51. The summed E-state index contributed by atoms with van der Waals surface area (Å²) in [6.07, 6.45) is 0. The summed E-state index contributed by atoms with van der Waals surface area (Å²) in [6.45, 7) is 11.5. The van der Waals surface area contributed by atoms with E-state index in [4.69, 9.17) is 4.52 Å². The second kappa shape index (κ2) is 8.65. The largest absolute Gasteiger partial charge is 0.346 e. The van der Waals surface area contributed by atoms with E-state index in [0.717, 1.165) is 26.2 Å². The van der Waals surface area contributed by atoms with Crippen molar-refractivity contribution in [2.24, 2.45) is 0 Å². The number of hydrogen-bond acceptors (Lipinski definition) is 2. The molecule has 0 aromatic carbocycles. The van der Waals surface area contributed by atoms with Crippen LogP contribution in [0.1, 0.15) is 27.7 Å². The average molecular weight is 315 g/mol. The summed E-state index contributed by atoms with van der Waals surface area (Å²) in [4.78, 5) is 0. The molecule has 98 valence electrons. The van der Waals surface area contributed by atoms with E-state index in [-0.39, 0.29) is 0 Å². The third-order valence-electron chi connectivity index (χ3n) is 2.51. The number of nitrogens with zero attached hydrogens (tertiary/aromatic N) is 2. The SMILES string of the molecule is CCN(CC)P(=O)(OCCBr)N(CC)CC. The highest BCUT2D eigenvalue weighted by Crippen LogP contribution is 2.53. The average Bonchev–Trinajstić information content (AvgIpc) is 2.29. The monoisotopic (exact) mass is 314 g/mol. The Bertz CT molecular complexity index is 205. The van der Waals surface area contributed by atoms with Gasteiger partial charge < -0.3 is 4.52 Å². The summed E-state index contributed by atoms with van der Waals surface area (Å²) in [5.74, 6) is 0. The highest BCUT2D eigenvalue weighted by atomic mass is 79.9. The first-order chi connectivity index (χ1) is 7.60. The van der Waals surface area contributed by atoms with Gasteiger partial charge in [0.05, 0.1) is 6.61 Å². The van der Waals surface area contributed by atoms with Crippen molar-refractivity contribution >= 4 is 23.6 Å². The molecule has 0 aromatic rings. The minimum absolute atomic E-state index is 0.476. The predicted octanol–water partition coefficient (Wildman–Crippen LogP) is 3.19. The van der Waals surface area contributed by atoms with Gasteiger partial charge in [0.1, 0.15) is 0 Å². The highest BCUT2D eigenvalue weighted by molar-refractivity contribution is 9.09. The van der Waals surface area contributed by atoms with Crippen LogP contribution in [0, 0.1) is 0 Å². The maximum atomic E-state index is 12.9. The Morgan fingerprint density at radius 1 is 1.00 bits per heavy atom. The Balaban J connectivity index is 4.91. The van der Waals surface area contributed by atoms with Gasteiger partial charge in [0.2, 0.25) is 0 Å². The molecular weight excluding hydrogens is 291 g/mol. The molecule has 0 aliphatic heterocycles. The van der Waals surface area contributed by atoms with Crippen LogP contribution >= 0.6 is 23.6 Å². The lowest BCUT2D eigenvalue weighted by molar-refractivity contribution is 0.225. The molecular formula is C10H24BrN2O2P. The standard InChI is InChI=1S/C10H24BrN2O2P/c1-5-12(6-2)16(14,15-10-9-11)13(7-3)8-4/h5-10H2,1-4H3. The molecule has 0 saturated carbocycles. The molecule has 0 radical (unpaired) electrons. The van der Waals surface area contributed by atoms with Crippen LogP contribution in [0.4, 0.5) is 0 Å². The van der Waals surface area contributed by atoms with E-state index in [1.165, 1.54) is 0 Å². The lowest BCUT2D eigenvalue weighted by Gasteiger charge is -2.36. The predicted molar refractivity (Wildman–Crippen MR) is 73.2 cm³/mol. The van der Waals surface area contributed by atoms with E-state index in [2.05, 4.69) is 15.9 Å². The van der Waals surface area contributed by atoms with E-state index in [9.17, 15) is 4.57 Å². The van der Waals surface area contributed by atoms with Crippen molar-refractivity contribution < 1.29 is 9.09 Å². The molecule has 0 aromatic heterocycles. The molecule has 0 spiro atoms. The molecule has 0 unspecified atom stereocenters. The fourth-order valence-electron chi connectivity index (χ4n) is 1.66. The summed E-state index contributed by atoms with van der Waals surface area (Å²) < 4.78 is 22.4. The van der Waals surface area contributed by atoms with Gasteiger partial charge in [-0.15, -0.1) is 0 Å². The van der Waals surface area contributed by atoms with Crippen LogP contribution in [0.3, 0.4) is 0 Å². The minimum Gasteiger partial charge on any atom is -0.305 e. The summed E-state index contributed by atoms with van der Waals surface area (Å²) in [7, 11) is -2.82. The van der Waals surface area contributed by atoms with Gasteiger partial charge in [-0.3, -0.25) is 4.57 Å². The number of alkyl halides is 1. The van der Waals surface area contributed by atoms with Crippen LogP contribution < -0.4 is 0 Å². The lowest BCUT2D eigenvalue weighted by Crippen LogP contribution is -2.33. The molecule has 0 aliphatic carbocycles.